The fourth-order valence-corrected chi connectivity index (χ4v) is 4.05. The SMILES string of the molecule is CCOC(=O)Cn1c(=NC(=O)/C=C/c2ccccc2Cl)sc2cc(OCC)ccc21. The molecule has 0 aliphatic carbocycles. The van der Waals surface area contributed by atoms with Crippen LogP contribution >= 0.6 is 22.9 Å². The Hall–Kier alpha value is -2.90. The van der Waals surface area contributed by atoms with Crippen molar-refractivity contribution in [1.82, 2.24) is 4.57 Å². The molecule has 0 atom stereocenters. The summed E-state index contributed by atoms with van der Waals surface area (Å²) in [5.74, 6) is -0.137. The zero-order valence-corrected chi connectivity index (χ0v) is 18.2. The summed E-state index contributed by atoms with van der Waals surface area (Å²) in [5.41, 5.74) is 1.50. The van der Waals surface area contributed by atoms with Crippen molar-refractivity contribution in [3.8, 4) is 5.75 Å². The Balaban J connectivity index is 2.00. The molecule has 0 saturated heterocycles. The van der Waals surface area contributed by atoms with Crippen molar-refractivity contribution in [3.63, 3.8) is 0 Å². The highest BCUT2D eigenvalue weighted by atomic mass is 35.5. The molecule has 8 heteroatoms. The van der Waals surface area contributed by atoms with Gasteiger partial charge in [0.05, 0.1) is 23.4 Å². The molecule has 0 aliphatic rings. The molecule has 0 aliphatic heterocycles. The Bertz CT molecular complexity index is 1160. The number of aromatic nitrogens is 1. The van der Waals surface area contributed by atoms with Gasteiger partial charge in [-0.3, -0.25) is 9.59 Å². The maximum Gasteiger partial charge on any atom is 0.326 e. The second-order valence-electron chi connectivity index (χ2n) is 6.14. The van der Waals surface area contributed by atoms with E-state index < -0.39 is 11.9 Å². The third kappa shape index (κ3) is 5.37. The van der Waals surface area contributed by atoms with Crippen molar-refractivity contribution in [1.29, 1.82) is 0 Å². The molecule has 0 N–H and O–H groups in total. The fraction of sp³-hybridized carbons (Fsp3) is 0.227. The monoisotopic (exact) mass is 444 g/mol. The number of carbonyl (C=O) groups is 2. The summed E-state index contributed by atoms with van der Waals surface area (Å²) in [6.07, 6.45) is 2.97. The van der Waals surface area contributed by atoms with Crippen molar-refractivity contribution < 1.29 is 19.1 Å². The van der Waals surface area contributed by atoms with Crippen LogP contribution in [0, 0.1) is 0 Å². The van der Waals surface area contributed by atoms with Gasteiger partial charge in [0, 0.05) is 11.1 Å². The van der Waals surface area contributed by atoms with Gasteiger partial charge in [0.1, 0.15) is 12.3 Å². The van der Waals surface area contributed by atoms with Gasteiger partial charge in [-0.1, -0.05) is 41.1 Å². The molecule has 0 unspecified atom stereocenters. The normalized spacial score (nSPS) is 11.9. The molecule has 3 aromatic rings. The van der Waals surface area contributed by atoms with Crippen LogP contribution in [0.5, 0.6) is 5.75 Å². The molecule has 1 amide bonds. The van der Waals surface area contributed by atoms with Crippen LogP contribution in [-0.4, -0.2) is 29.7 Å². The Morgan fingerprint density at radius 1 is 1.17 bits per heavy atom. The molecule has 156 valence electrons. The van der Waals surface area contributed by atoms with Crippen LogP contribution in [0.3, 0.4) is 0 Å². The van der Waals surface area contributed by atoms with E-state index in [1.165, 1.54) is 17.4 Å². The highest BCUT2D eigenvalue weighted by Crippen LogP contribution is 2.23. The lowest BCUT2D eigenvalue weighted by atomic mass is 10.2. The molecule has 0 radical (unpaired) electrons. The number of fused-ring (bicyclic) bond motifs is 1. The molecular weight excluding hydrogens is 424 g/mol. The van der Waals surface area contributed by atoms with Crippen LogP contribution in [0.25, 0.3) is 16.3 Å². The van der Waals surface area contributed by atoms with E-state index >= 15 is 0 Å². The summed E-state index contributed by atoms with van der Waals surface area (Å²) in [4.78, 5) is 29.2. The van der Waals surface area contributed by atoms with Gasteiger partial charge in [-0.2, -0.15) is 4.99 Å². The van der Waals surface area contributed by atoms with Gasteiger partial charge < -0.3 is 14.0 Å². The molecule has 2 aromatic carbocycles. The van der Waals surface area contributed by atoms with Crippen LogP contribution < -0.4 is 9.54 Å². The first-order chi connectivity index (χ1) is 14.5. The fourth-order valence-electron chi connectivity index (χ4n) is 2.79. The van der Waals surface area contributed by atoms with E-state index in [4.69, 9.17) is 21.1 Å². The molecule has 6 nitrogen and oxygen atoms in total. The minimum absolute atomic E-state index is 0.0395. The smallest absolute Gasteiger partial charge is 0.326 e. The number of esters is 1. The van der Waals surface area contributed by atoms with Crippen LogP contribution in [0.1, 0.15) is 19.4 Å². The minimum atomic E-state index is -0.455. The van der Waals surface area contributed by atoms with E-state index in [-0.39, 0.29) is 13.2 Å². The first kappa shape index (κ1) is 21.8. The molecule has 0 bridgehead atoms. The van der Waals surface area contributed by atoms with E-state index in [9.17, 15) is 9.59 Å². The first-order valence-electron chi connectivity index (χ1n) is 9.45. The summed E-state index contributed by atoms with van der Waals surface area (Å²) in [6, 6.07) is 12.7. The van der Waals surface area contributed by atoms with E-state index in [1.54, 1.807) is 23.6 Å². The lowest BCUT2D eigenvalue weighted by Crippen LogP contribution is -2.22. The summed E-state index contributed by atoms with van der Waals surface area (Å²) in [7, 11) is 0. The number of halogens is 1. The average molecular weight is 445 g/mol. The highest BCUT2D eigenvalue weighted by Gasteiger charge is 2.12. The van der Waals surface area contributed by atoms with Crippen molar-refractivity contribution in [2.45, 2.75) is 20.4 Å². The first-order valence-corrected chi connectivity index (χ1v) is 10.6. The number of hydrogen-bond donors (Lipinski definition) is 0. The van der Waals surface area contributed by atoms with Crippen LogP contribution in [0.4, 0.5) is 0 Å². The van der Waals surface area contributed by atoms with Crippen molar-refractivity contribution in [2.75, 3.05) is 13.2 Å². The quantitative estimate of drug-likeness (QED) is 0.398. The second kappa shape index (κ2) is 10.2. The van der Waals surface area contributed by atoms with Crippen molar-refractivity contribution in [3.05, 3.63) is 63.9 Å². The number of amides is 1. The highest BCUT2D eigenvalue weighted by molar-refractivity contribution is 7.16. The maximum absolute atomic E-state index is 12.5. The van der Waals surface area contributed by atoms with Gasteiger partial charge in [-0.15, -0.1) is 0 Å². The molecule has 0 saturated carbocycles. The molecular formula is C22H21ClN2O4S. The number of ether oxygens (including phenoxy) is 2. The molecule has 0 spiro atoms. The second-order valence-corrected chi connectivity index (χ2v) is 7.56. The van der Waals surface area contributed by atoms with Gasteiger partial charge in [0.15, 0.2) is 4.80 Å². The summed E-state index contributed by atoms with van der Waals surface area (Å²) < 4.78 is 13.1. The Morgan fingerprint density at radius 3 is 2.70 bits per heavy atom. The number of benzene rings is 2. The van der Waals surface area contributed by atoms with Gasteiger partial charge >= 0.3 is 5.97 Å². The number of carbonyl (C=O) groups excluding carboxylic acids is 2. The van der Waals surface area contributed by atoms with Gasteiger partial charge in [-0.25, -0.2) is 0 Å². The van der Waals surface area contributed by atoms with Crippen LogP contribution in [0.15, 0.2) is 53.5 Å². The summed E-state index contributed by atoms with van der Waals surface area (Å²) in [6.45, 7) is 4.44. The third-order valence-electron chi connectivity index (χ3n) is 4.07. The topological polar surface area (TPSA) is 69.9 Å². The number of thiazole rings is 1. The van der Waals surface area contributed by atoms with Crippen molar-refractivity contribution in [2.24, 2.45) is 4.99 Å². The van der Waals surface area contributed by atoms with Crippen LogP contribution in [-0.2, 0) is 20.9 Å². The number of hydrogen-bond acceptors (Lipinski definition) is 5. The number of rotatable bonds is 7. The van der Waals surface area contributed by atoms with Gasteiger partial charge in [-0.05, 0) is 49.8 Å². The third-order valence-corrected chi connectivity index (χ3v) is 5.46. The molecule has 1 heterocycles. The lowest BCUT2D eigenvalue weighted by molar-refractivity contribution is -0.143. The molecule has 0 fully saturated rings. The predicted molar refractivity (Wildman–Crippen MR) is 119 cm³/mol. The zero-order chi connectivity index (χ0) is 21.5. The van der Waals surface area contributed by atoms with E-state index in [2.05, 4.69) is 4.99 Å². The molecule has 1 aromatic heterocycles. The Labute approximate surface area is 183 Å². The van der Waals surface area contributed by atoms with Crippen LogP contribution in [0.2, 0.25) is 5.02 Å². The standard InChI is InChI=1S/C22H21ClN2O4S/c1-3-28-16-10-11-18-19(13-16)30-22(25(18)14-21(27)29-4-2)24-20(26)12-9-15-7-5-6-8-17(15)23/h5-13H,3-4,14H2,1-2H3/b12-9+,24-22?. The largest absolute Gasteiger partial charge is 0.494 e. The maximum atomic E-state index is 12.5. The Morgan fingerprint density at radius 2 is 1.97 bits per heavy atom. The number of nitrogens with zero attached hydrogens (tertiary/aromatic N) is 2. The van der Waals surface area contributed by atoms with Crippen molar-refractivity contribution >= 4 is 51.1 Å². The molecule has 30 heavy (non-hydrogen) atoms. The summed E-state index contributed by atoms with van der Waals surface area (Å²) >= 11 is 7.42. The zero-order valence-electron chi connectivity index (χ0n) is 16.6. The lowest BCUT2D eigenvalue weighted by Gasteiger charge is -2.06. The van der Waals surface area contributed by atoms with Gasteiger partial charge in [0.2, 0.25) is 0 Å². The minimum Gasteiger partial charge on any atom is -0.494 e. The average Bonchev–Trinajstić information content (AvgIpc) is 3.04. The van der Waals surface area contributed by atoms with Gasteiger partial charge in [0.25, 0.3) is 5.91 Å². The van der Waals surface area contributed by atoms with E-state index in [0.29, 0.717) is 22.2 Å². The van der Waals surface area contributed by atoms with E-state index in [1.807, 2.05) is 43.3 Å². The predicted octanol–water partition coefficient (Wildman–Crippen LogP) is 4.46. The molecule has 3 rings (SSSR count). The summed E-state index contributed by atoms with van der Waals surface area (Å²) in [5, 5.41) is 0.546. The van der Waals surface area contributed by atoms with E-state index in [0.717, 1.165) is 15.8 Å². The Kier molecular flexibility index (Phi) is 7.43.